The third-order valence-corrected chi connectivity index (χ3v) is 3.37. The molecular weight excluding hydrogens is 285 g/mol. The molecule has 1 fully saturated rings. The van der Waals surface area contributed by atoms with E-state index < -0.39 is 0 Å². The first kappa shape index (κ1) is 16.3. The zero-order chi connectivity index (χ0) is 16.1. The number of rotatable bonds is 4. The molecule has 0 spiro atoms. The second-order valence-electron chi connectivity index (χ2n) is 5.45. The van der Waals surface area contributed by atoms with Gasteiger partial charge in [-0.15, -0.1) is 6.58 Å². The summed E-state index contributed by atoms with van der Waals surface area (Å²) < 4.78 is 20.0. The first-order valence-corrected chi connectivity index (χ1v) is 7.35. The molecule has 0 bridgehead atoms. The Morgan fingerprint density at radius 2 is 2.14 bits per heavy atom. The number of benzene rings is 1. The fourth-order valence-corrected chi connectivity index (χ4v) is 2.56. The van der Waals surface area contributed by atoms with Gasteiger partial charge in [0.25, 0.3) is 0 Å². The maximum absolute atomic E-state index is 14.3. The Morgan fingerprint density at radius 3 is 2.73 bits per heavy atom. The van der Waals surface area contributed by atoms with Crippen LogP contribution in [-0.4, -0.2) is 37.9 Å². The van der Waals surface area contributed by atoms with Gasteiger partial charge in [-0.25, -0.2) is 9.18 Å². The van der Waals surface area contributed by atoms with Gasteiger partial charge in [0.15, 0.2) is 0 Å². The Morgan fingerprint density at radius 1 is 1.45 bits per heavy atom. The largest absolute Gasteiger partial charge is 0.372 e. The van der Waals surface area contributed by atoms with Crippen molar-refractivity contribution in [1.29, 1.82) is 0 Å². The first-order valence-electron chi connectivity index (χ1n) is 7.35. The highest BCUT2D eigenvalue weighted by Gasteiger charge is 2.24. The normalized spacial score (nSPS) is 21.3. The van der Waals surface area contributed by atoms with Crippen LogP contribution in [0.25, 0.3) is 0 Å². The van der Waals surface area contributed by atoms with E-state index >= 15 is 0 Å². The minimum atomic E-state index is -0.388. The molecule has 22 heavy (non-hydrogen) atoms. The van der Waals surface area contributed by atoms with Gasteiger partial charge in [-0.2, -0.15) is 0 Å². The number of anilines is 2. The van der Waals surface area contributed by atoms with Crippen LogP contribution in [-0.2, 0) is 4.74 Å². The summed E-state index contributed by atoms with van der Waals surface area (Å²) in [5.74, 6) is -0.358. The van der Waals surface area contributed by atoms with Crippen LogP contribution in [0.2, 0.25) is 0 Å². The van der Waals surface area contributed by atoms with Crippen LogP contribution in [0.15, 0.2) is 30.9 Å². The molecule has 1 aliphatic heterocycles. The zero-order valence-corrected chi connectivity index (χ0v) is 12.9. The van der Waals surface area contributed by atoms with Crippen LogP contribution in [0.3, 0.4) is 0 Å². The average molecular weight is 307 g/mol. The number of nitrogens with one attached hydrogen (secondary N) is 2. The van der Waals surface area contributed by atoms with Gasteiger partial charge in [-0.1, -0.05) is 6.08 Å². The summed E-state index contributed by atoms with van der Waals surface area (Å²) in [7, 11) is 0. The number of halogens is 1. The van der Waals surface area contributed by atoms with Gasteiger partial charge in [-0.3, -0.25) is 0 Å². The summed E-state index contributed by atoms with van der Waals surface area (Å²) in [4.78, 5) is 13.5. The third-order valence-electron chi connectivity index (χ3n) is 3.37. The molecule has 1 aromatic rings. The molecule has 5 nitrogen and oxygen atoms in total. The molecule has 2 amide bonds. The predicted molar refractivity (Wildman–Crippen MR) is 85.8 cm³/mol. The van der Waals surface area contributed by atoms with Gasteiger partial charge >= 0.3 is 6.03 Å². The molecule has 1 aliphatic rings. The molecule has 1 aromatic carbocycles. The number of urea groups is 1. The van der Waals surface area contributed by atoms with Crippen molar-refractivity contribution in [2.75, 3.05) is 29.9 Å². The van der Waals surface area contributed by atoms with Crippen molar-refractivity contribution in [1.82, 2.24) is 5.32 Å². The molecule has 0 aromatic heterocycles. The molecular formula is C16H22FN3O2. The Balaban J connectivity index is 2.06. The number of carbonyl (C=O) groups is 1. The molecule has 6 heteroatoms. The molecule has 1 heterocycles. The van der Waals surface area contributed by atoms with Gasteiger partial charge in [-0.05, 0) is 32.0 Å². The number of carbonyl (C=O) groups excluding carboxylic acids is 1. The van der Waals surface area contributed by atoms with E-state index in [-0.39, 0.29) is 24.1 Å². The van der Waals surface area contributed by atoms with Crippen molar-refractivity contribution in [2.24, 2.45) is 0 Å². The number of hydrogen-bond donors (Lipinski definition) is 2. The summed E-state index contributed by atoms with van der Waals surface area (Å²) in [5.41, 5.74) is 0.941. The topological polar surface area (TPSA) is 53.6 Å². The highest BCUT2D eigenvalue weighted by molar-refractivity contribution is 5.89. The Bertz CT molecular complexity index is 540. The minimum Gasteiger partial charge on any atom is -0.372 e. The number of morpholine rings is 1. The van der Waals surface area contributed by atoms with Gasteiger partial charge in [0.1, 0.15) is 5.82 Å². The average Bonchev–Trinajstić information content (AvgIpc) is 2.44. The van der Waals surface area contributed by atoms with Crippen LogP contribution < -0.4 is 15.5 Å². The highest BCUT2D eigenvalue weighted by atomic mass is 19.1. The number of nitrogens with zero attached hydrogens (tertiary/aromatic N) is 1. The lowest BCUT2D eigenvalue weighted by molar-refractivity contribution is -0.00539. The van der Waals surface area contributed by atoms with Crippen LogP contribution in [0, 0.1) is 5.82 Å². The minimum absolute atomic E-state index is 0.0608. The predicted octanol–water partition coefficient (Wildman–Crippen LogP) is 2.75. The molecule has 0 aliphatic carbocycles. The molecule has 2 rings (SSSR count). The Labute approximate surface area is 130 Å². The van der Waals surface area contributed by atoms with Crippen molar-refractivity contribution < 1.29 is 13.9 Å². The molecule has 2 atom stereocenters. The lowest BCUT2D eigenvalue weighted by atomic mass is 10.2. The quantitative estimate of drug-likeness (QED) is 0.841. The van der Waals surface area contributed by atoms with Gasteiger partial charge in [0.05, 0.1) is 17.9 Å². The van der Waals surface area contributed by atoms with Gasteiger partial charge < -0.3 is 20.3 Å². The number of hydrogen-bond acceptors (Lipinski definition) is 3. The van der Waals surface area contributed by atoms with E-state index in [0.29, 0.717) is 31.0 Å². The Kier molecular flexibility index (Phi) is 5.38. The standard InChI is InChI=1S/C16H22FN3O2/c1-4-7-18-16(21)19-13-5-6-15(14(17)8-13)20-9-11(2)22-12(3)10-20/h4-6,8,11-12H,1,7,9-10H2,2-3H3,(H2,18,19,21). The molecule has 1 saturated heterocycles. The van der Waals surface area contributed by atoms with Gasteiger partial charge in [0, 0.05) is 25.3 Å². The summed E-state index contributed by atoms with van der Waals surface area (Å²) in [6.07, 6.45) is 1.69. The van der Waals surface area contributed by atoms with E-state index in [1.54, 1.807) is 18.2 Å². The van der Waals surface area contributed by atoms with Crippen molar-refractivity contribution in [3.05, 3.63) is 36.7 Å². The van der Waals surface area contributed by atoms with E-state index in [0.717, 1.165) is 0 Å². The number of ether oxygens (including phenoxy) is 1. The fraction of sp³-hybridized carbons (Fsp3) is 0.438. The first-order chi connectivity index (χ1) is 10.5. The van der Waals surface area contributed by atoms with Crippen molar-refractivity contribution in [3.8, 4) is 0 Å². The van der Waals surface area contributed by atoms with Crippen LogP contribution in [0.5, 0.6) is 0 Å². The smallest absolute Gasteiger partial charge is 0.319 e. The van der Waals surface area contributed by atoms with Crippen LogP contribution >= 0.6 is 0 Å². The van der Waals surface area contributed by atoms with E-state index in [1.165, 1.54) is 6.07 Å². The van der Waals surface area contributed by atoms with Crippen molar-refractivity contribution in [3.63, 3.8) is 0 Å². The molecule has 2 N–H and O–H groups in total. The summed E-state index contributed by atoms with van der Waals surface area (Å²) in [5, 5.41) is 5.16. The lowest BCUT2D eigenvalue weighted by Gasteiger charge is -2.37. The second kappa shape index (κ2) is 7.26. The van der Waals surface area contributed by atoms with E-state index in [2.05, 4.69) is 17.2 Å². The summed E-state index contributed by atoms with van der Waals surface area (Å²) in [6.45, 7) is 9.11. The van der Waals surface area contributed by atoms with Crippen LogP contribution in [0.4, 0.5) is 20.6 Å². The SMILES string of the molecule is C=CCNC(=O)Nc1ccc(N2CC(C)OC(C)C2)c(F)c1. The molecule has 0 saturated carbocycles. The lowest BCUT2D eigenvalue weighted by Crippen LogP contribution is -2.45. The second-order valence-corrected chi connectivity index (χ2v) is 5.45. The molecule has 2 unspecified atom stereocenters. The Hall–Kier alpha value is -2.08. The van der Waals surface area contributed by atoms with Crippen molar-refractivity contribution >= 4 is 17.4 Å². The van der Waals surface area contributed by atoms with Crippen LogP contribution in [0.1, 0.15) is 13.8 Å². The monoisotopic (exact) mass is 307 g/mol. The fourth-order valence-electron chi connectivity index (χ4n) is 2.56. The van der Waals surface area contributed by atoms with Gasteiger partial charge in [0.2, 0.25) is 0 Å². The van der Waals surface area contributed by atoms with E-state index in [4.69, 9.17) is 4.74 Å². The third kappa shape index (κ3) is 4.21. The maximum atomic E-state index is 14.3. The maximum Gasteiger partial charge on any atom is 0.319 e. The summed E-state index contributed by atoms with van der Waals surface area (Å²) in [6, 6.07) is 4.31. The zero-order valence-electron chi connectivity index (χ0n) is 12.9. The molecule has 0 radical (unpaired) electrons. The van der Waals surface area contributed by atoms with Crippen molar-refractivity contribution in [2.45, 2.75) is 26.1 Å². The van der Waals surface area contributed by atoms with E-state index in [9.17, 15) is 9.18 Å². The highest BCUT2D eigenvalue weighted by Crippen LogP contribution is 2.26. The number of amides is 2. The summed E-state index contributed by atoms with van der Waals surface area (Å²) >= 11 is 0. The molecule has 120 valence electrons. The van der Waals surface area contributed by atoms with E-state index in [1.807, 2.05) is 18.7 Å².